The van der Waals surface area contributed by atoms with Crippen LogP contribution < -0.4 is 105 Å². The van der Waals surface area contributed by atoms with Crippen LogP contribution in [-0.4, -0.2) is 80.7 Å². The fourth-order valence-corrected chi connectivity index (χ4v) is 49.4. The van der Waals surface area contributed by atoms with Crippen LogP contribution in [0.25, 0.3) is 0 Å². The Kier molecular flexibility index (Phi) is 22.7. The number of benzene rings is 3. The summed E-state index contributed by atoms with van der Waals surface area (Å²) in [6.45, 7) is 91.0. The minimum Gasteiger partial charge on any atom is -1.00 e. The van der Waals surface area contributed by atoms with Gasteiger partial charge in [-0.2, -0.15) is 22.3 Å². The molecule has 71 heavy (non-hydrogen) atoms. The first-order chi connectivity index (χ1) is 29.4. The summed E-state index contributed by atoms with van der Waals surface area (Å²) in [6, 6.07) is 9.20. The third-order valence-electron chi connectivity index (χ3n) is 15.7. The number of hydrogen-bond acceptors (Lipinski definition) is 0. The van der Waals surface area contributed by atoms with E-state index in [1.54, 1.807) is 64.1 Å². The molecule has 0 bridgehead atoms. The summed E-state index contributed by atoms with van der Waals surface area (Å²) in [6.07, 6.45) is 0. The van der Waals surface area contributed by atoms with E-state index in [9.17, 15) is 0 Å². The van der Waals surface area contributed by atoms with Gasteiger partial charge in [-0.3, -0.25) is 0 Å². The monoisotopic (exact) mass is 1220 g/mol. The van der Waals surface area contributed by atoms with Crippen LogP contribution in [-0.2, 0) is 21.7 Å². The van der Waals surface area contributed by atoms with Crippen molar-refractivity contribution in [3.8, 4) is 0 Å². The first kappa shape index (κ1) is 71.8. The zero-order valence-corrected chi connectivity index (χ0v) is 66.2. The van der Waals surface area contributed by atoms with Gasteiger partial charge >= 0.3 is 21.7 Å². The standard InChI is InChI=1S/C57H105Si10.3ClH.Ti/c1-38-39(2)41(4)51(40(38)3)67(48-35-45(58(8,9)10)52(61(17,18)19)42(5)55(48)64(26,27)28,49-36-46(59(11,12)13)53(62(20,21)22)43(6)56(49)65(29,30)31)50-37-47(60(14,15)16)54(63(23,24)25)44(7)57(50)66(32,33)34;;;;/h35-37H,1-34H3;3*1H;/q-1;;;;+4/p-3. The Morgan fingerprint density at radius 3 is 0.535 bits per heavy atom. The predicted octanol–water partition coefficient (Wildman–Crippen LogP) is 0.858. The molecule has 0 aromatic heterocycles. The van der Waals surface area contributed by atoms with Crippen LogP contribution in [0.15, 0.2) is 18.2 Å². The third kappa shape index (κ3) is 13.3. The summed E-state index contributed by atoms with van der Waals surface area (Å²) in [5.74, 6) is 0. The van der Waals surface area contributed by atoms with Crippen LogP contribution in [0.4, 0.5) is 0 Å². The maximum Gasteiger partial charge on any atom is 4.00 e. The summed E-state index contributed by atoms with van der Waals surface area (Å²) in [5.41, 5.74) is 11.4. The molecule has 398 valence electrons. The molecule has 0 radical (unpaired) electrons. The topological polar surface area (TPSA) is 0 Å². The van der Waals surface area contributed by atoms with Gasteiger partial charge in [0.1, 0.15) is 8.07 Å². The van der Waals surface area contributed by atoms with Crippen LogP contribution >= 0.6 is 0 Å². The van der Waals surface area contributed by atoms with Gasteiger partial charge in [-0.05, 0) is 20.8 Å². The van der Waals surface area contributed by atoms with Gasteiger partial charge in [-0.25, -0.2) is 0 Å². The summed E-state index contributed by atoms with van der Waals surface area (Å²) < 4.78 is 0. The molecule has 0 saturated heterocycles. The van der Waals surface area contributed by atoms with Gasteiger partial charge in [-0.15, -0.1) is 5.19 Å². The van der Waals surface area contributed by atoms with Crippen molar-refractivity contribution in [1.82, 2.24) is 0 Å². The Balaban J connectivity index is 0.0000122. The quantitative estimate of drug-likeness (QED) is 0.106. The molecule has 4 aromatic rings. The molecule has 0 aliphatic carbocycles. The summed E-state index contributed by atoms with van der Waals surface area (Å²) in [7, 11) is -20.7. The van der Waals surface area contributed by atoms with Crippen molar-refractivity contribution in [3.05, 3.63) is 57.1 Å². The Hall–Kier alpha value is 0.763. The zero-order valence-electron chi connectivity index (χ0n) is 52.4. The zero-order chi connectivity index (χ0) is 52.7. The van der Waals surface area contributed by atoms with Crippen LogP contribution in [0.5, 0.6) is 0 Å². The molecule has 0 aliphatic heterocycles. The van der Waals surface area contributed by atoms with Gasteiger partial charge in [0, 0.05) is 0 Å². The fraction of sp³-hybridized carbons (Fsp3) is 0.596. The molecular weight excluding hydrogens is 1120 g/mol. The largest absolute Gasteiger partial charge is 4.00 e. The second-order valence-corrected chi connectivity index (χ2v) is 79.6. The van der Waals surface area contributed by atoms with Crippen LogP contribution in [0, 0.1) is 48.5 Å². The van der Waals surface area contributed by atoms with Gasteiger partial charge in [0.05, 0.1) is 72.7 Å². The number of hydrogen-bond donors (Lipinski definition) is 0. The molecule has 0 heterocycles. The van der Waals surface area contributed by atoms with E-state index < -0.39 is 80.7 Å². The molecule has 0 nitrogen and oxygen atoms in total. The van der Waals surface area contributed by atoms with Crippen molar-refractivity contribution in [2.75, 3.05) is 0 Å². The van der Waals surface area contributed by atoms with Gasteiger partial charge in [0.25, 0.3) is 0 Å². The minimum absolute atomic E-state index is 0. The van der Waals surface area contributed by atoms with Crippen molar-refractivity contribution < 1.29 is 58.9 Å². The average molecular weight is 1230 g/mol. The Labute approximate surface area is 484 Å². The van der Waals surface area contributed by atoms with Crippen LogP contribution in [0.2, 0.25) is 177 Å². The van der Waals surface area contributed by atoms with E-state index >= 15 is 0 Å². The Morgan fingerprint density at radius 2 is 0.394 bits per heavy atom. The third-order valence-corrected chi connectivity index (χ3v) is 41.2. The first-order valence-electron chi connectivity index (χ1n) is 26.2. The van der Waals surface area contributed by atoms with Crippen molar-refractivity contribution in [3.63, 3.8) is 0 Å². The van der Waals surface area contributed by atoms with Crippen molar-refractivity contribution in [2.24, 2.45) is 0 Å². The normalized spacial score (nSPS) is 13.6. The van der Waals surface area contributed by atoms with E-state index in [4.69, 9.17) is 0 Å². The van der Waals surface area contributed by atoms with E-state index in [0.29, 0.717) is 0 Å². The van der Waals surface area contributed by atoms with E-state index in [1.807, 2.05) is 31.1 Å². The van der Waals surface area contributed by atoms with E-state index in [0.717, 1.165) is 0 Å². The molecule has 4 rings (SSSR count). The molecule has 0 aliphatic rings. The van der Waals surface area contributed by atoms with Crippen LogP contribution in [0.3, 0.4) is 0 Å². The second kappa shape index (κ2) is 22.5. The minimum atomic E-state index is -3.32. The first-order valence-corrected chi connectivity index (χ1v) is 59.7. The smallest absolute Gasteiger partial charge is 1.00 e. The van der Waals surface area contributed by atoms with E-state index in [2.05, 4.69) is 243 Å². The molecule has 0 saturated carbocycles. The maximum absolute atomic E-state index is 3.32. The molecule has 0 N–H and O–H groups in total. The van der Waals surface area contributed by atoms with Gasteiger partial charge in [-0.1, -0.05) is 302 Å². The van der Waals surface area contributed by atoms with Gasteiger partial charge < -0.3 is 37.2 Å². The molecule has 0 atom stereocenters. The second-order valence-electron chi connectivity index (χ2n) is 30.9. The Morgan fingerprint density at radius 1 is 0.239 bits per heavy atom. The molecule has 0 fully saturated rings. The van der Waals surface area contributed by atoms with Crippen LogP contribution in [0.1, 0.15) is 38.9 Å². The van der Waals surface area contributed by atoms with Gasteiger partial charge in [0.15, 0.2) is 0 Å². The summed E-state index contributed by atoms with van der Waals surface area (Å²) in [4.78, 5) is 0. The van der Waals surface area contributed by atoms with Gasteiger partial charge in [0.2, 0.25) is 0 Å². The fourth-order valence-electron chi connectivity index (χ4n) is 13.5. The molecule has 0 unspecified atom stereocenters. The number of halogens is 3. The summed E-state index contributed by atoms with van der Waals surface area (Å²) >= 11 is 0. The number of rotatable bonds is 13. The van der Waals surface area contributed by atoms with Crippen molar-refractivity contribution >= 4 is 148 Å². The SMILES string of the molecule is Cc1c([Si](C)(C)C)c([Si](C)(C)C)cc([Si](c2cc([Si](C)(C)C)c([Si](C)(C)C)c(C)c2[Si](C)(C)C)(c2cc([Si](C)(C)C)c([Si](C)(C)C)c(C)c2[Si](C)(C)C)[c-]2c(C)c(C)c(C)c2C)c1[Si](C)(C)C.[Cl-].[Cl-].[Cl-].[Ti+4]. The van der Waals surface area contributed by atoms with E-state index in [-0.39, 0.29) is 58.9 Å². The van der Waals surface area contributed by atoms with E-state index in [1.165, 1.54) is 11.1 Å². The van der Waals surface area contributed by atoms with Crippen molar-refractivity contribution in [1.29, 1.82) is 0 Å². The molecule has 0 spiro atoms. The molecular formula is C57H105Cl3Si10Ti. The Bertz CT molecular complexity index is 2330. The summed E-state index contributed by atoms with van der Waals surface area (Å²) in [5, 5.41) is 23.4. The average Bonchev–Trinajstić information content (AvgIpc) is 3.25. The molecule has 4 aromatic carbocycles. The molecule has 0 amide bonds. The molecule has 14 heteroatoms. The maximum atomic E-state index is 3.07. The van der Waals surface area contributed by atoms with Crippen molar-refractivity contribution in [2.45, 2.75) is 225 Å². The predicted molar refractivity (Wildman–Crippen MR) is 346 cm³/mol.